The summed E-state index contributed by atoms with van der Waals surface area (Å²) in [7, 11) is -3.74. The largest absolute Gasteiger partial charge is 0.490 e. The number of likely N-dealkylation sites (N-methyl/N-ethyl adjacent to an activating group) is 1. The highest BCUT2D eigenvalue weighted by molar-refractivity contribution is 7.89. The van der Waals surface area contributed by atoms with Crippen molar-refractivity contribution in [2.24, 2.45) is 5.14 Å². The number of hydrogen-bond donors (Lipinski definition) is 2. The molecular formula is C20H27N3O4S. The number of ether oxygens (including phenoxy) is 1. The van der Waals surface area contributed by atoms with Gasteiger partial charge in [0.1, 0.15) is 12.4 Å². The molecule has 0 heterocycles. The molecule has 0 aliphatic rings. The third-order valence-corrected chi connectivity index (χ3v) is 5.27. The Morgan fingerprint density at radius 3 is 2.32 bits per heavy atom. The first-order valence-electron chi connectivity index (χ1n) is 9.19. The van der Waals surface area contributed by atoms with Crippen LogP contribution in [0.3, 0.4) is 0 Å². The summed E-state index contributed by atoms with van der Waals surface area (Å²) in [6.45, 7) is 7.47. The molecule has 0 saturated heterocycles. The molecular weight excluding hydrogens is 378 g/mol. The summed E-state index contributed by atoms with van der Waals surface area (Å²) in [5.74, 6) is 0.399. The topological polar surface area (TPSA) is 102 Å². The molecule has 0 bridgehead atoms. The molecule has 7 nitrogen and oxygen atoms in total. The van der Waals surface area contributed by atoms with Gasteiger partial charge in [0.15, 0.2) is 0 Å². The molecule has 0 unspecified atom stereocenters. The van der Waals surface area contributed by atoms with Crippen LogP contribution >= 0.6 is 0 Å². The zero-order chi connectivity index (χ0) is 20.6. The summed E-state index contributed by atoms with van der Waals surface area (Å²) in [5, 5.41) is 7.93. The smallest absolute Gasteiger partial charge is 0.238 e. The highest BCUT2D eigenvalue weighted by atomic mass is 32.2. The van der Waals surface area contributed by atoms with Gasteiger partial charge >= 0.3 is 0 Å². The van der Waals surface area contributed by atoms with Gasteiger partial charge < -0.3 is 15.0 Å². The van der Waals surface area contributed by atoms with Crippen LogP contribution in [0.15, 0.2) is 53.4 Å². The van der Waals surface area contributed by atoms with E-state index in [0.29, 0.717) is 23.6 Å². The molecule has 1 amide bonds. The highest BCUT2D eigenvalue weighted by Crippen LogP contribution is 2.24. The van der Waals surface area contributed by atoms with Crippen LogP contribution in [0.2, 0.25) is 0 Å². The average Bonchev–Trinajstić information content (AvgIpc) is 2.66. The number of amides is 1. The zero-order valence-corrected chi connectivity index (χ0v) is 17.0. The minimum absolute atomic E-state index is 0.0172. The lowest BCUT2D eigenvalue weighted by Crippen LogP contribution is -2.28. The summed E-state index contributed by atoms with van der Waals surface area (Å²) >= 11 is 0. The third-order valence-electron chi connectivity index (χ3n) is 4.34. The molecule has 28 heavy (non-hydrogen) atoms. The Morgan fingerprint density at radius 2 is 1.71 bits per heavy atom. The van der Waals surface area contributed by atoms with Gasteiger partial charge in [0.2, 0.25) is 15.9 Å². The summed E-state index contributed by atoms with van der Waals surface area (Å²) < 4.78 is 28.4. The van der Waals surface area contributed by atoms with Crippen LogP contribution in [0.5, 0.6) is 5.75 Å². The molecule has 3 N–H and O–H groups in total. The summed E-state index contributed by atoms with van der Waals surface area (Å²) in [4.78, 5) is 14.6. The van der Waals surface area contributed by atoms with E-state index < -0.39 is 10.0 Å². The number of anilines is 1. The fourth-order valence-electron chi connectivity index (χ4n) is 2.70. The van der Waals surface area contributed by atoms with Gasteiger partial charge in [0, 0.05) is 6.54 Å². The Hall–Kier alpha value is -2.42. The van der Waals surface area contributed by atoms with E-state index in [9.17, 15) is 13.2 Å². The number of nitrogens with one attached hydrogen (secondary N) is 1. The lowest BCUT2D eigenvalue weighted by molar-refractivity contribution is -0.115. The van der Waals surface area contributed by atoms with Crippen molar-refractivity contribution in [3.05, 3.63) is 54.1 Å². The number of carbonyl (C=O) groups excluding carboxylic acids is 1. The third kappa shape index (κ3) is 6.63. The van der Waals surface area contributed by atoms with Crippen molar-refractivity contribution in [1.82, 2.24) is 4.90 Å². The minimum atomic E-state index is -3.74. The number of carbonyl (C=O) groups is 1. The maximum absolute atomic E-state index is 12.4. The number of primary sulfonamides is 1. The van der Waals surface area contributed by atoms with E-state index in [2.05, 4.69) is 24.1 Å². The van der Waals surface area contributed by atoms with Gasteiger partial charge in [-0.05, 0) is 42.9 Å². The van der Waals surface area contributed by atoms with Gasteiger partial charge in [-0.2, -0.15) is 0 Å². The van der Waals surface area contributed by atoms with Gasteiger partial charge in [-0.15, -0.1) is 0 Å². The molecule has 2 aromatic carbocycles. The highest BCUT2D eigenvalue weighted by Gasteiger charge is 2.11. The Balaban J connectivity index is 1.96. The first kappa shape index (κ1) is 21.9. The van der Waals surface area contributed by atoms with Gasteiger partial charge in [-0.25, -0.2) is 13.6 Å². The number of sulfonamides is 1. The van der Waals surface area contributed by atoms with Crippen molar-refractivity contribution in [3.8, 4) is 5.75 Å². The van der Waals surface area contributed by atoms with Crippen LogP contribution in [0, 0.1) is 0 Å². The standard InChI is InChI=1S/C20H27N3O4S/c1-3-23(4-2)13-14-27-19-8-6-5-7-18(19)22-20(24)15-16-9-11-17(12-10-16)28(21,25)26/h5-12H,3-4,13-15H2,1-2H3,(H,22,24)(H2,21,25,26). The van der Waals surface area contributed by atoms with E-state index in [1.165, 1.54) is 12.1 Å². The Bertz CT molecular complexity index is 879. The molecule has 0 aliphatic heterocycles. The minimum Gasteiger partial charge on any atom is -0.490 e. The second-order valence-corrected chi connectivity index (χ2v) is 7.85. The van der Waals surface area contributed by atoms with Gasteiger partial charge in [-0.1, -0.05) is 38.1 Å². The normalized spacial score (nSPS) is 11.4. The van der Waals surface area contributed by atoms with Crippen LogP contribution < -0.4 is 15.2 Å². The second kappa shape index (κ2) is 10.2. The molecule has 0 saturated carbocycles. The van der Waals surface area contributed by atoms with Crippen molar-refractivity contribution in [3.63, 3.8) is 0 Å². The van der Waals surface area contributed by atoms with Crippen molar-refractivity contribution in [1.29, 1.82) is 0 Å². The molecule has 0 atom stereocenters. The van der Waals surface area contributed by atoms with Crippen LogP contribution in [-0.2, 0) is 21.2 Å². The molecule has 8 heteroatoms. The summed E-state index contributed by atoms with van der Waals surface area (Å²) in [6, 6.07) is 13.2. The van der Waals surface area contributed by atoms with Crippen LogP contribution in [-0.4, -0.2) is 45.5 Å². The maximum Gasteiger partial charge on any atom is 0.238 e. The van der Waals surface area contributed by atoms with Crippen LogP contribution in [0.25, 0.3) is 0 Å². The van der Waals surface area contributed by atoms with Gasteiger partial charge in [0.05, 0.1) is 17.0 Å². The van der Waals surface area contributed by atoms with Gasteiger partial charge in [0.25, 0.3) is 0 Å². The Morgan fingerprint density at radius 1 is 1.07 bits per heavy atom. The van der Waals surface area contributed by atoms with E-state index in [-0.39, 0.29) is 17.2 Å². The lowest BCUT2D eigenvalue weighted by Gasteiger charge is -2.19. The zero-order valence-electron chi connectivity index (χ0n) is 16.2. The predicted molar refractivity (Wildman–Crippen MR) is 110 cm³/mol. The average molecular weight is 406 g/mol. The van der Waals surface area contributed by atoms with Crippen molar-refractivity contribution >= 4 is 21.6 Å². The maximum atomic E-state index is 12.4. The number of benzene rings is 2. The molecule has 0 spiro atoms. The van der Waals surface area contributed by atoms with E-state index in [4.69, 9.17) is 9.88 Å². The fraction of sp³-hybridized carbons (Fsp3) is 0.350. The van der Waals surface area contributed by atoms with Crippen molar-refractivity contribution in [2.45, 2.75) is 25.2 Å². The number of nitrogens with zero attached hydrogens (tertiary/aromatic N) is 1. The predicted octanol–water partition coefficient (Wildman–Crippen LogP) is 2.24. The molecule has 152 valence electrons. The summed E-state index contributed by atoms with van der Waals surface area (Å²) in [6.07, 6.45) is 0.110. The Kier molecular flexibility index (Phi) is 7.98. The monoisotopic (exact) mass is 405 g/mol. The first-order chi connectivity index (χ1) is 13.3. The SMILES string of the molecule is CCN(CC)CCOc1ccccc1NC(=O)Cc1ccc(S(N)(=O)=O)cc1. The summed E-state index contributed by atoms with van der Waals surface area (Å²) in [5.41, 5.74) is 1.29. The number of para-hydroxylation sites is 2. The van der Waals surface area contributed by atoms with Crippen molar-refractivity contribution < 1.29 is 17.9 Å². The molecule has 0 fully saturated rings. The number of nitrogens with two attached hydrogens (primary N) is 1. The first-order valence-corrected chi connectivity index (χ1v) is 10.7. The second-order valence-electron chi connectivity index (χ2n) is 6.29. The molecule has 0 radical (unpaired) electrons. The van der Waals surface area contributed by atoms with E-state index in [1.807, 2.05) is 18.2 Å². The number of hydrogen-bond acceptors (Lipinski definition) is 5. The molecule has 0 aliphatic carbocycles. The van der Waals surface area contributed by atoms with Crippen LogP contribution in [0.4, 0.5) is 5.69 Å². The van der Waals surface area contributed by atoms with Crippen molar-refractivity contribution in [2.75, 3.05) is 31.6 Å². The molecule has 2 aromatic rings. The molecule has 0 aromatic heterocycles. The fourth-order valence-corrected chi connectivity index (χ4v) is 3.21. The van der Waals surface area contributed by atoms with Gasteiger partial charge in [-0.3, -0.25) is 4.79 Å². The van der Waals surface area contributed by atoms with E-state index in [1.54, 1.807) is 18.2 Å². The van der Waals surface area contributed by atoms with E-state index >= 15 is 0 Å². The Labute approximate surface area is 166 Å². The van der Waals surface area contributed by atoms with Crippen LogP contribution in [0.1, 0.15) is 19.4 Å². The lowest BCUT2D eigenvalue weighted by atomic mass is 10.1. The quantitative estimate of drug-likeness (QED) is 0.631. The van der Waals surface area contributed by atoms with E-state index in [0.717, 1.165) is 19.6 Å². The molecule has 2 rings (SSSR count). The number of rotatable bonds is 10.